The fourth-order valence-electron chi connectivity index (χ4n) is 4.64. The Hall–Kier alpha value is -5.53. The number of aromatic nitrogens is 4. The van der Waals surface area contributed by atoms with E-state index in [1.807, 2.05) is 0 Å². The van der Waals surface area contributed by atoms with Crippen molar-refractivity contribution < 1.29 is 32.2 Å². The van der Waals surface area contributed by atoms with Gasteiger partial charge in [-0.1, -0.05) is 6.07 Å². The van der Waals surface area contributed by atoms with Crippen molar-refractivity contribution in [2.24, 2.45) is 0 Å². The lowest BCUT2D eigenvalue weighted by molar-refractivity contribution is -0.137. The topological polar surface area (TPSA) is 138 Å². The third-order valence-corrected chi connectivity index (χ3v) is 6.80. The average Bonchev–Trinajstić information content (AvgIpc) is 3.35. The van der Waals surface area contributed by atoms with Gasteiger partial charge in [-0.2, -0.15) is 18.3 Å². The van der Waals surface area contributed by atoms with Crippen LogP contribution in [0.3, 0.4) is 0 Å². The molecule has 0 aliphatic carbocycles. The van der Waals surface area contributed by atoms with E-state index >= 15 is 0 Å². The first-order valence-corrected chi connectivity index (χ1v) is 13.8. The van der Waals surface area contributed by atoms with Crippen LogP contribution in [0.4, 0.5) is 29.5 Å². The van der Waals surface area contributed by atoms with Gasteiger partial charge in [-0.05, 0) is 61.9 Å². The molecule has 5 rings (SSSR count). The Morgan fingerprint density at radius 1 is 1.00 bits per heavy atom. The minimum Gasteiger partial charge on any atom is -0.497 e. The molecule has 2 amide bonds. The van der Waals surface area contributed by atoms with E-state index < -0.39 is 17.6 Å². The van der Waals surface area contributed by atoms with Gasteiger partial charge < -0.3 is 30.6 Å². The smallest absolute Gasteiger partial charge is 0.419 e. The van der Waals surface area contributed by atoms with E-state index in [0.29, 0.717) is 70.8 Å². The van der Waals surface area contributed by atoms with Gasteiger partial charge in [-0.15, -0.1) is 0 Å². The summed E-state index contributed by atoms with van der Waals surface area (Å²) in [5.41, 5.74) is 7.76. The van der Waals surface area contributed by atoms with E-state index in [1.165, 1.54) is 17.8 Å². The highest BCUT2D eigenvalue weighted by Gasteiger charge is 2.34. The monoisotopic (exact) mass is 621 g/mol. The van der Waals surface area contributed by atoms with Crippen molar-refractivity contribution in [1.29, 1.82) is 0 Å². The number of benzene rings is 2. The van der Waals surface area contributed by atoms with E-state index in [-0.39, 0.29) is 11.6 Å². The second-order valence-electron chi connectivity index (χ2n) is 9.87. The summed E-state index contributed by atoms with van der Waals surface area (Å²) in [6, 6.07) is 16.4. The lowest BCUT2D eigenvalue weighted by atomic mass is 10.1. The Balaban J connectivity index is 1.26. The van der Waals surface area contributed by atoms with Crippen LogP contribution in [-0.2, 0) is 6.18 Å². The highest BCUT2D eigenvalue weighted by atomic mass is 19.4. The van der Waals surface area contributed by atoms with E-state index in [9.17, 15) is 18.0 Å². The van der Waals surface area contributed by atoms with Crippen LogP contribution in [0, 0.1) is 6.92 Å². The summed E-state index contributed by atoms with van der Waals surface area (Å²) in [6.07, 6.45) is -2.86. The number of anilines is 2. The van der Waals surface area contributed by atoms with Crippen LogP contribution in [0.5, 0.6) is 17.2 Å². The Morgan fingerprint density at radius 3 is 2.58 bits per heavy atom. The summed E-state index contributed by atoms with van der Waals surface area (Å²) in [5, 5.41) is 10.2. The van der Waals surface area contributed by atoms with Gasteiger partial charge in [-0.3, -0.25) is 0 Å². The standard InChI is InChI=1S/C31H30F3N7O4/c1-18-28(20-14-23(31(32,33)34)29(35)37-17-20)41-27(38-18)11-9-24(40-41)19-8-10-25(26(15-19)44-3)45-13-5-12-36-30(42)39-21-6-4-7-22(16-21)43-2/h4,6-11,14-17H,5,12-13H2,1-3H3,(H2,35,37)(H2,36,39,42). The molecule has 0 radical (unpaired) electrons. The van der Waals surface area contributed by atoms with Crippen molar-refractivity contribution in [2.75, 3.05) is 38.4 Å². The number of hydrogen-bond acceptors (Lipinski definition) is 8. The van der Waals surface area contributed by atoms with E-state index in [1.54, 1.807) is 68.6 Å². The highest BCUT2D eigenvalue weighted by molar-refractivity contribution is 5.89. The predicted molar refractivity (Wildman–Crippen MR) is 162 cm³/mol. The molecule has 234 valence electrons. The Labute approximate surface area is 256 Å². The first kappa shape index (κ1) is 30.9. The summed E-state index contributed by atoms with van der Waals surface area (Å²) >= 11 is 0. The maximum absolute atomic E-state index is 13.5. The normalized spacial score (nSPS) is 11.3. The molecule has 3 heterocycles. The number of nitrogens with zero attached hydrogens (tertiary/aromatic N) is 4. The van der Waals surface area contributed by atoms with Crippen molar-refractivity contribution in [1.82, 2.24) is 24.9 Å². The van der Waals surface area contributed by atoms with Gasteiger partial charge in [0.05, 0.1) is 43.5 Å². The number of carbonyl (C=O) groups excluding carboxylic acids is 1. The number of imidazole rings is 1. The first-order valence-electron chi connectivity index (χ1n) is 13.8. The Kier molecular flexibility index (Phi) is 8.93. The number of alkyl halides is 3. The lowest BCUT2D eigenvalue weighted by Gasteiger charge is -2.13. The van der Waals surface area contributed by atoms with Crippen molar-refractivity contribution >= 4 is 23.2 Å². The minimum absolute atomic E-state index is 0.180. The molecule has 45 heavy (non-hydrogen) atoms. The number of nitrogens with one attached hydrogen (secondary N) is 2. The van der Waals surface area contributed by atoms with Crippen LogP contribution in [0.1, 0.15) is 17.7 Å². The molecular formula is C31H30F3N7O4. The third kappa shape index (κ3) is 7.00. The number of hydrogen-bond donors (Lipinski definition) is 3. The van der Waals surface area contributed by atoms with Gasteiger partial charge in [0, 0.05) is 35.6 Å². The molecule has 4 N–H and O–H groups in total. The van der Waals surface area contributed by atoms with Crippen LogP contribution in [-0.4, -0.2) is 53.0 Å². The van der Waals surface area contributed by atoms with Gasteiger partial charge in [0.25, 0.3) is 0 Å². The molecule has 0 aliphatic heterocycles. The SMILES string of the molecule is COc1cccc(NC(=O)NCCCOc2ccc(-c3ccc4nc(C)c(-c5cnc(N)c(C(F)(F)F)c5)n4n3)cc2OC)c1. The molecule has 0 fully saturated rings. The number of aryl methyl sites for hydroxylation is 1. The predicted octanol–water partition coefficient (Wildman–Crippen LogP) is 5.98. The second-order valence-corrected chi connectivity index (χ2v) is 9.87. The zero-order chi connectivity index (χ0) is 32.1. The van der Waals surface area contributed by atoms with E-state index in [0.717, 1.165) is 6.07 Å². The second kappa shape index (κ2) is 13.0. The molecule has 0 aliphatic rings. The van der Waals surface area contributed by atoms with E-state index in [4.69, 9.17) is 19.9 Å². The fraction of sp³-hybridized carbons (Fsp3) is 0.226. The minimum atomic E-state index is -4.66. The highest BCUT2D eigenvalue weighted by Crippen LogP contribution is 2.36. The number of amides is 2. The summed E-state index contributed by atoms with van der Waals surface area (Å²) < 4.78 is 58.6. The number of halogens is 3. The number of rotatable bonds is 10. The number of ether oxygens (including phenoxy) is 3. The zero-order valence-electron chi connectivity index (χ0n) is 24.6. The molecule has 0 atom stereocenters. The molecule has 3 aromatic heterocycles. The molecule has 11 nitrogen and oxygen atoms in total. The number of methoxy groups -OCH3 is 2. The number of nitrogen functional groups attached to an aromatic ring is 1. The first-order chi connectivity index (χ1) is 21.6. The Morgan fingerprint density at radius 2 is 1.82 bits per heavy atom. The van der Waals surface area contributed by atoms with Gasteiger partial charge in [-0.25, -0.2) is 19.3 Å². The quantitative estimate of drug-likeness (QED) is 0.162. The van der Waals surface area contributed by atoms with Crippen LogP contribution < -0.4 is 30.6 Å². The molecule has 14 heteroatoms. The summed E-state index contributed by atoms with van der Waals surface area (Å²) in [7, 11) is 3.06. The molecule has 0 bridgehead atoms. The van der Waals surface area contributed by atoms with Crippen molar-refractivity contribution in [2.45, 2.75) is 19.5 Å². The third-order valence-electron chi connectivity index (χ3n) is 6.80. The molecule has 0 saturated heterocycles. The molecule has 0 unspecified atom stereocenters. The van der Waals surface area contributed by atoms with Crippen molar-refractivity contribution in [3.8, 4) is 39.8 Å². The molecule has 0 spiro atoms. The van der Waals surface area contributed by atoms with Crippen LogP contribution in [0.25, 0.3) is 28.2 Å². The molecule has 2 aromatic carbocycles. The van der Waals surface area contributed by atoms with Gasteiger partial charge in [0.15, 0.2) is 17.1 Å². The van der Waals surface area contributed by atoms with E-state index in [2.05, 4.69) is 25.7 Å². The molecular weight excluding hydrogens is 591 g/mol. The van der Waals surface area contributed by atoms with Crippen LogP contribution in [0.2, 0.25) is 0 Å². The van der Waals surface area contributed by atoms with Gasteiger partial charge in [0.1, 0.15) is 11.6 Å². The maximum atomic E-state index is 13.5. The van der Waals surface area contributed by atoms with Crippen molar-refractivity contribution in [3.05, 3.63) is 78.1 Å². The van der Waals surface area contributed by atoms with Gasteiger partial charge >= 0.3 is 12.2 Å². The zero-order valence-corrected chi connectivity index (χ0v) is 24.6. The fourth-order valence-corrected chi connectivity index (χ4v) is 4.64. The number of carbonyl (C=O) groups is 1. The summed E-state index contributed by atoms with van der Waals surface area (Å²) in [5.74, 6) is 0.984. The summed E-state index contributed by atoms with van der Waals surface area (Å²) in [6.45, 7) is 2.37. The van der Waals surface area contributed by atoms with Gasteiger partial charge in [0.2, 0.25) is 0 Å². The molecule has 5 aromatic rings. The number of fused-ring (bicyclic) bond motifs is 1. The number of nitrogens with two attached hydrogens (primary N) is 1. The van der Waals surface area contributed by atoms with Crippen LogP contribution in [0.15, 0.2) is 66.9 Å². The summed E-state index contributed by atoms with van der Waals surface area (Å²) in [4.78, 5) is 20.4. The molecule has 0 saturated carbocycles. The van der Waals surface area contributed by atoms with Crippen LogP contribution >= 0.6 is 0 Å². The maximum Gasteiger partial charge on any atom is 0.419 e. The number of urea groups is 1. The lowest BCUT2D eigenvalue weighted by Crippen LogP contribution is -2.30. The largest absolute Gasteiger partial charge is 0.497 e. The number of pyridine rings is 1. The Bertz CT molecular complexity index is 1840. The average molecular weight is 622 g/mol. The van der Waals surface area contributed by atoms with Crippen molar-refractivity contribution in [3.63, 3.8) is 0 Å².